The van der Waals surface area contributed by atoms with Crippen LogP contribution >= 0.6 is 11.8 Å². The van der Waals surface area contributed by atoms with Crippen LogP contribution in [0.15, 0.2) is 64.7 Å². The van der Waals surface area contributed by atoms with Gasteiger partial charge < -0.3 is 4.98 Å². The molecule has 26 heavy (non-hydrogen) atoms. The van der Waals surface area contributed by atoms with Crippen LogP contribution in [-0.2, 0) is 5.75 Å². The monoisotopic (exact) mass is 366 g/mol. The second kappa shape index (κ2) is 6.76. The van der Waals surface area contributed by atoms with Crippen molar-refractivity contribution in [2.45, 2.75) is 17.8 Å². The summed E-state index contributed by atoms with van der Waals surface area (Å²) in [7, 11) is 0. The number of nitrogens with zero attached hydrogens (tertiary/aromatic N) is 3. The van der Waals surface area contributed by atoms with Gasteiger partial charge in [0, 0.05) is 5.75 Å². The zero-order valence-electron chi connectivity index (χ0n) is 13.9. The van der Waals surface area contributed by atoms with Gasteiger partial charge >= 0.3 is 0 Å². The minimum atomic E-state index is -0.280. The molecule has 0 aliphatic rings. The van der Waals surface area contributed by atoms with Gasteiger partial charge in [0.25, 0.3) is 5.56 Å². The Bertz CT molecular complexity index is 1150. The molecule has 2 heterocycles. The molecule has 2 aromatic heterocycles. The molecule has 7 heteroatoms. The lowest BCUT2D eigenvalue weighted by Crippen LogP contribution is -2.10. The first-order valence-corrected chi connectivity index (χ1v) is 9.02. The number of aromatic amines is 1. The molecule has 0 amide bonds. The van der Waals surface area contributed by atoms with E-state index < -0.39 is 0 Å². The number of H-pyrrole nitrogens is 1. The number of rotatable bonds is 4. The zero-order valence-corrected chi connectivity index (χ0v) is 14.8. The first-order chi connectivity index (χ1) is 12.6. The van der Waals surface area contributed by atoms with E-state index in [0.29, 0.717) is 21.9 Å². The Labute approximate surface area is 152 Å². The van der Waals surface area contributed by atoms with Crippen LogP contribution in [0, 0.1) is 12.7 Å². The quantitative estimate of drug-likeness (QED) is 0.440. The number of fused-ring (bicyclic) bond motifs is 1. The van der Waals surface area contributed by atoms with E-state index in [9.17, 15) is 9.18 Å². The molecule has 5 nitrogen and oxygen atoms in total. The van der Waals surface area contributed by atoms with Crippen LogP contribution in [0.25, 0.3) is 16.7 Å². The van der Waals surface area contributed by atoms with Crippen LogP contribution in [0.3, 0.4) is 0 Å². The lowest BCUT2D eigenvalue weighted by molar-refractivity contribution is 0.626. The van der Waals surface area contributed by atoms with E-state index in [0.717, 1.165) is 16.8 Å². The average molecular weight is 366 g/mol. The molecule has 0 radical (unpaired) electrons. The van der Waals surface area contributed by atoms with Gasteiger partial charge in [-0.05, 0) is 36.2 Å². The molecule has 0 atom stereocenters. The summed E-state index contributed by atoms with van der Waals surface area (Å²) in [5.41, 5.74) is 3.00. The lowest BCUT2D eigenvalue weighted by atomic mass is 10.2. The number of aromatic nitrogens is 4. The molecule has 0 spiro atoms. The van der Waals surface area contributed by atoms with Gasteiger partial charge in [-0.2, -0.15) is 5.10 Å². The molecular formula is C19H15FN4OS. The fraction of sp³-hybridized carbons (Fsp3) is 0.105. The Morgan fingerprint density at radius 1 is 1.19 bits per heavy atom. The van der Waals surface area contributed by atoms with Crippen molar-refractivity contribution in [1.29, 1.82) is 0 Å². The van der Waals surface area contributed by atoms with Crippen molar-refractivity contribution in [1.82, 2.24) is 19.7 Å². The summed E-state index contributed by atoms with van der Waals surface area (Å²) in [6, 6.07) is 14.2. The zero-order chi connectivity index (χ0) is 18.1. The van der Waals surface area contributed by atoms with Crippen molar-refractivity contribution >= 4 is 22.8 Å². The Balaban J connectivity index is 1.72. The summed E-state index contributed by atoms with van der Waals surface area (Å²) < 4.78 is 15.0. The molecule has 0 fully saturated rings. The standard InChI is InChI=1S/C19H15FN4OS/c1-12-5-2-3-8-16(12)24-17-15(10-21-24)18(25)23-19(22-17)26-11-13-6-4-7-14(20)9-13/h2-10H,11H2,1H3,(H,22,23,25). The third-order valence-corrected chi connectivity index (χ3v) is 4.97. The summed E-state index contributed by atoms with van der Waals surface area (Å²) in [5, 5.41) is 5.24. The Kier molecular flexibility index (Phi) is 4.30. The van der Waals surface area contributed by atoms with Crippen LogP contribution in [0.2, 0.25) is 0 Å². The van der Waals surface area contributed by atoms with E-state index in [-0.39, 0.29) is 11.4 Å². The fourth-order valence-electron chi connectivity index (χ4n) is 2.72. The molecule has 0 aliphatic heterocycles. The fourth-order valence-corrected chi connectivity index (χ4v) is 3.52. The van der Waals surface area contributed by atoms with Crippen LogP contribution < -0.4 is 5.56 Å². The van der Waals surface area contributed by atoms with E-state index in [4.69, 9.17) is 0 Å². The number of thioether (sulfide) groups is 1. The first-order valence-electron chi connectivity index (χ1n) is 8.03. The maximum absolute atomic E-state index is 13.3. The third kappa shape index (κ3) is 3.13. The lowest BCUT2D eigenvalue weighted by Gasteiger charge is -2.07. The van der Waals surface area contributed by atoms with Gasteiger partial charge in [-0.15, -0.1) is 0 Å². The van der Waals surface area contributed by atoms with Crippen molar-refractivity contribution in [2.75, 3.05) is 0 Å². The van der Waals surface area contributed by atoms with Gasteiger partial charge in [0.05, 0.1) is 11.9 Å². The van der Waals surface area contributed by atoms with Crippen molar-refractivity contribution < 1.29 is 4.39 Å². The predicted octanol–water partition coefficient (Wildman–Crippen LogP) is 3.85. The summed E-state index contributed by atoms with van der Waals surface area (Å²) in [5.74, 6) is 0.225. The largest absolute Gasteiger partial charge is 0.301 e. The minimum absolute atomic E-state index is 0.239. The minimum Gasteiger partial charge on any atom is -0.301 e. The summed E-state index contributed by atoms with van der Waals surface area (Å²) in [6.07, 6.45) is 1.52. The molecule has 1 N–H and O–H groups in total. The highest BCUT2D eigenvalue weighted by Gasteiger charge is 2.13. The highest BCUT2D eigenvalue weighted by Crippen LogP contribution is 2.22. The van der Waals surface area contributed by atoms with Gasteiger partial charge in [-0.3, -0.25) is 4.79 Å². The smallest absolute Gasteiger partial charge is 0.262 e. The van der Waals surface area contributed by atoms with E-state index >= 15 is 0 Å². The maximum Gasteiger partial charge on any atom is 0.262 e. The molecule has 4 aromatic rings. The van der Waals surface area contributed by atoms with Crippen LogP contribution in [0.5, 0.6) is 0 Å². The van der Waals surface area contributed by atoms with Gasteiger partial charge in [-0.1, -0.05) is 42.1 Å². The van der Waals surface area contributed by atoms with E-state index in [1.165, 1.54) is 30.1 Å². The second-order valence-electron chi connectivity index (χ2n) is 5.87. The normalized spacial score (nSPS) is 11.2. The maximum atomic E-state index is 13.3. The number of aryl methyl sites for hydroxylation is 1. The number of halogens is 1. The SMILES string of the molecule is Cc1ccccc1-n1ncc2c(=O)[nH]c(SCc3cccc(F)c3)nc21. The predicted molar refractivity (Wildman–Crippen MR) is 100 cm³/mol. The van der Waals surface area contributed by atoms with Gasteiger partial charge in [0.2, 0.25) is 0 Å². The Morgan fingerprint density at radius 3 is 2.85 bits per heavy atom. The molecule has 0 unspecified atom stereocenters. The molecule has 0 aliphatic carbocycles. The van der Waals surface area contributed by atoms with Crippen LogP contribution in [0.1, 0.15) is 11.1 Å². The number of benzene rings is 2. The average Bonchev–Trinajstić information content (AvgIpc) is 3.05. The highest BCUT2D eigenvalue weighted by molar-refractivity contribution is 7.98. The summed E-state index contributed by atoms with van der Waals surface area (Å²) in [4.78, 5) is 19.7. The molecule has 0 saturated heterocycles. The Morgan fingerprint density at radius 2 is 2.04 bits per heavy atom. The number of para-hydroxylation sites is 1. The molecule has 4 rings (SSSR count). The molecule has 2 aromatic carbocycles. The van der Waals surface area contributed by atoms with Crippen molar-refractivity contribution in [3.05, 3.63) is 82.0 Å². The molecule has 130 valence electrons. The van der Waals surface area contributed by atoms with E-state index in [1.54, 1.807) is 10.7 Å². The number of hydrogen-bond donors (Lipinski definition) is 1. The molecular weight excluding hydrogens is 351 g/mol. The van der Waals surface area contributed by atoms with E-state index in [1.807, 2.05) is 37.3 Å². The van der Waals surface area contributed by atoms with Crippen molar-refractivity contribution in [3.63, 3.8) is 0 Å². The summed E-state index contributed by atoms with van der Waals surface area (Å²) >= 11 is 1.35. The molecule has 0 bridgehead atoms. The van der Waals surface area contributed by atoms with Gasteiger partial charge in [0.1, 0.15) is 11.2 Å². The number of hydrogen-bond acceptors (Lipinski definition) is 4. The third-order valence-electron chi connectivity index (χ3n) is 4.02. The van der Waals surface area contributed by atoms with Crippen LogP contribution in [-0.4, -0.2) is 19.7 Å². The van der Waals surface area contributed by atoms with Crippen molar-refractivity contribution in [2.24, 2.45) is 0 Å². The topological polar surface area (TPSA) is 63.6 Å². The van der Waals surface area contributed by atoms with Gasteiger partial charge in [0.15, 0.2) is 10.8 Å². The first kappa shape index (κ1) is 16.5. The van der Waals surface area contributed by atoms with E-state index in [2.05, 4.69) is 15.1 Å². The van der Waals surface area contributed by atoms with Gasteiger partial charge in [-0.25, -0.2) is 14.1 Å². The highest BCUT2D eigenvalue weighted by atomic mass is 32.2. The van der Waals surface area contributed by atoms with Crippen molar-refractivity contribution in [3.8, 4) is 5.69 Å². The number of nitrogens with one attached hydrogen (secondary N) is 1. The second-order valence-corrected chi connectivity index (χ2v) is 6.83. The van der Waals surface area contributed by atoms with Crippen LogP contribution in [0.4, 0.5) is 4.39 Å². The molecule has 0 saturated carbocycles. The summed E-state index contributed by atoms with van der Waals surface area (Å²) in [6.45, 7) is 1.98. The Hall–Kier alpha value is -2.93.